The van der Waals surface area contributed by atoms with E-state index in [1.807, 2.05) is 25.1 Å². The van der Waals surface area contributed by atoms with Gasteiger partial charge in [-0.25, -0.2) is 5.53 Å². The van der Waals surface area contributed by atoms with Crippen LogP contribution in [-0.2, 0) is 0 Å². The Hall–Kier alpha value is -1.38. The van der Waals surface area contributed by atoms with E-state index in [0.717, 1.165) is 24.2 Å². The zero-order valence-corrected chi connectivity index (χ0v) is 9.58. The Kier molecular flexibility index (Phi) is 4.28. The van der Waals surface area contributed by atoms with Crippen LogP contribution in [0, 0.1) is 12.5 Å². The smallest absolute Gasteiger partial charge is 0.147 e. The Labute approximate surface area is 91.0 Å². The molecule has 0 radical (unpaired) electrons. The summed E-state index contributed by atoms with van der Waals surface area (Å²) < 4.78 is 5.80. The van der Waals surface area contributed by atoms with Crippen molar-refractivity contribution in [3.63, 3.8) is 0 Å². The van der Waals surface area contributed by atoms with Gasteiger partial charge in [0.25, 0.3) is 0 Å². The van der Waals surface area contributed by atoms with Crippen molar-refractivity contribution in [3.05, 3.63) is 23.8 Å². The lowest BCUT2D eigenvalue weighted by molar-refractivity contribution is 0.193. The van der Waals surface area contributed by atoms with Gasteiger partial charge in [0.1, 0.15) is 11.4 Å². The molecule has 0 aromatic heterocycles. The molecule has 1 aromatic rings. The van der Waals surface area contributed by atoms with E-state index in [9.17, 15) is 0 Å². The van der Waals surface area contributed by atoms with Gasteiger partial charge in [-0.05, 0) is 37.5 Å². The monoisotopic (exact) mass is 206 g/mol. The fraction of sp³-hybridized carbons (Fsp3) is 0.500. The molecule has 3 nitrogen and oxygen atoms in total. The minimum atomic E-state index is 0.215. The summed E-state index contributed by atoms with van der Waals surface area (Å²) in [4.78, 5) is 0. The van der Waals surface area contributed by atoms with Gasteiger partial charge in [-0.3, -0.25) is 0 Å². The number of hydrogen-bond acceptors (Lipinski definition) is 3. The summed E-state index contributed by atoms with van der Waals surface area (Å²) in [5, 5.41) is 3.46. The first-order valence-corrected chi connectivity index (χ1v) is 5.36. The molecular weight excluding hydrogens is 188 g/mol. The zero-order valence-electron chi connectivity index (χ0n) is 9.58. The minimum Gasteiger partial charge on any atom is -0.488 e. The Morgan fingerprint density at radius 3 is 2.53 bits per heavy atom. The fourth-order valence-corrected chi connectivity index (χ4v) is 1.44. The number of hydrogen-bond donors (Lipinski definition) is 1. The van der Waals surface area contributed by atoms with Crippen LogP contribution in [0.1, 0.15) is 32.3 Å². The molecule has 0 saturated carbocycles. The molecule has 82 valence electrons. The lowest BCUT2D eigenvalue weighted by Crippen LogP contribution is -2.13. The highest BCUT2D eigenvalue weighted by Crippen LogP contribution is 2.29. The largest absolute Gasteiger partial charge is 0.488 e. The van der Waals surface area contributed by atoms with E-state index in [1.165, 1.54) is 0 Å². The van der Waals surface area contributed by atoms with Crippen LogP contribution in [-0.4, -0.2) is 6.10 Å². The third-order valence-electron chi connectivity index (χ3n) is 2.44. The van der Waals surface area contributed by atoms with Gasteiger partial charge in [-0.15, -0.1) is 0 Å². The van der Waals surface area contributed by atoms with Crippen LogP contribution in [0.4, 0.5) is 5.69 Å². The highest BCUT2D eigenvalue weighted by molar-refractivity contribution is 5.52. The third kappa shape index (κ3) is 3.05. The van der Waals surface area contributed by atoms with Crippen molar-refractivity contribution in [1.29, 1.82) is 5.53 Å². The average molecular weight is 206 g/mol. The quantitative estimate of drug-likeness (QED) is 0.720. The predicted molar refractivity (Wildman–Crippen MR) is 61.0 cm³/mol. The first-order chi connectivity index (χ1) is 7.21. The first-order valence-electron chi connectivity index (χ1n) is 5.36. The second-order valence-electron chi connectivity index (χ2n) is 3.64. The Bertz CT molecular complexity index is 332. The van der Waals surface area contributed by atoms with Gasteiger partial charge in [0.15, 0.2) is 0 Å². The van der Waals surface area contributed by atoms with Crippen LogP contribution in [0.5, 0.6) is 5.75 Å². The Morgan fingerprint density at radius 1 is 1.33 bits per heavy atom. The molecule has 0 aliphatic carbocycles. The molecule has 0 unspecified atom stereocenters. The molecule has 15 heavy (non-hydrogen) atoms. The van der Waals surface area contributed by atoms with E-state index < -0.39 is 0 Å². The van der Waals surface area contributed by atoms with Gasteiger partial charge in [0.2, 0.25) is 0 Å². The van der Waals surface area contributed by atoms with Gasteiger partial charge < -0.3 is 4.74 Å². The molecule has 0 aliphatic heterocycles. The average Bonchev–Trinajstić information content (AvgIpc) is 2.26. The molecule has 1 aromatic carbocycles. The second kappa shape index (κ2) is 5.49. The van der Waals surface area contributed by atoms with Crippen molar-refractivity contribution in [2.24, 2.45) is 5.11 Å². The standard InChI is InChI=1S/C12H18N2O/c1-4-10(5-2)15-12-8-9(3)6-7-11(12)14-13/h6-8,10,13H,4-5H2,1-3H3. The number of ether oxygens (including phenoxy) is 1. The fourth-order valence-electron chi connectivity index (χ4n) is 1.44. The maximum absolute atomic E-state index is 7.06. The van der Waals surface area contributed by atoms with E-state index in [1.54, 1.807) is 0 Å². The topological polar surface area (TPSA) is 45.4 Å². The molecular formula is C12H18N2O. The molecule has 0 aliphatic rings. The van der Waals surface area contributed by atoms with Crippen LogP contribution in [0.2, 0.25) is 0 Å². The van der Waals surface area contributed by atoms with Crippen LogP contribution in [0.3, 0.4) is 0 Å². The highest BCUT2D eigenvalue weighted by Gasteiger charge is 2.09. The number of nitrogens with one attached hydrogen (secondary N) is 1. The first kappa shape index (κ1) is 11.7. The number of rotatable bonds is 5. The molecule has 3 heteroatoms. The van der Waals surface area contributed by atoms with Crippen molar-refractivity contribution in [2.75, 3.05) is 0 Å². The SMILES string of the molecule is CCC(CC)Oc1cc(C)ccc1N=N. The van der Waals surface area contributed by atoms with E-state index in [4.69, 9.17) is 10.3 Å². The van der Waals surface area contributed by atoms with Gasteiger partial charge in [-0.2, -0.15) is 5.11 Å². The molecule has 0 heterocycles. The van der Waals surface area contributed by atoms with E-state index in [2.05, 4.69) is 19.0 Å². The van der Waals surface area contributed by atoms with Gasteiger partial charge in [-0.1, -0.05) is 19.9 Å². The highest BCUT2D eigenvalue weighted by atomic mass is 16.5. The second-order valence-corrected chi connectivity index (χ2v) is 3.64. The summed E-state index contributed by atoms with van der Waals surface area (Å²) in [7, 11) is 0. The van der Waals surface area contributed by atoms with Gasteiger partial charge in [0.05, 0.1) is 6.10 Å². The molecule has 0 fully saturated rings. The lowest BCUT2D eigenvalue weighted by Gasteiger charge is -2.16. The van der Waals surface area contributed by atoms with Crippen molar-refractivity contribution in [3.8, 4) is 5.75 Å². The predicted octanol–water partition coefficient (Wildman–Crippen LogP) is 4.22. The van der Waals surface area contributed by atoms with E-state index >= 15 is 0 Å². The summed E-state index contributed by atoms with van der Waals surface area (Å²) in [5.41, 5.74) is 8.79. The summed E-state index contributed by atoms with van der Waals surface area (Å²) in [6.07, 6.45) is 2.16. The van der Waals surface area contributed by atoms with Crippen LogP contribution in [0.15, 0.2) is 23.3 Å². The van der Waals surface area contributed by atoms with Gasteiger partial charge in [0, 0.05) is 0 Å². The molecule has 0 spiro atoms. The number of benzene rings is 1. The molecule has 1 N–H and O–H groups in total. The molecule has 0 saturated heterocycles. The van der Waals surface area contributed by atoms with Gasteiger partial charge >= 0.3 is 0 Å². The maximum Gasteiger partial charge on any atom is 0.147 e. The van der Waals surface area contributed by atoms with Crippen LogP contribution < -0.4 is 4.74 Å². The zero-order chi connectivity index (χ0) is 11.3. The van der Waals surface area contributed by atoms with Crippen LogP contribution >= 0.6 is 0 Å². The molecule has 0 amide bonds. The summed E-state index contributed by atoms with van der Waals surface area (Å²) in [6.45, 7) is 6.20. The van der Waals surface area contributed by atoms with Crippen molar-refractivity contribution in [2.45, 2.75) is 39.7 Å². The summed E-state index contributed by atoms with van der Waals surface area (Å²) in [6, 6.07) is 5.69. The van der Waals surface area contributed by atoms with Crippen molar-refractivity contribution >= 4 is 5.69 Å². The third-order valence-corrected chi connectivity index (χ3v) is 2.44. The molecule has 1 rings (SSSR count). The number of nitrogens with zero attached hydrogens (tertiary/aromatic N) is 1. The molecule has 0 bridgehead atoms. The van der Waals surface area contributed by atoms with Crippen LogP contribution in [0.25, 0.3) is 0 Å². The summed E-state index contributed by atoms with van der Waals surface area (Å²) in [5.74, 6) is 0.721. The summed E-state index contributed by atoms with van der Waals surface area (Å²) >= 11 is 0. The lowest BCUT2D eigenvalue weighted by atomic mass is 10.2. The minimum absolute atomic E-state index is 0.215. The Morgan fingerprint density at radius 2 is 2.00 bits per heavy atom. The maximum atomic E-state index is 7.06. The Balaban J connectivity index is 2.90. The molecule has 0 atom stereocenters. The van der Waals surface area contributed by atoms with Crippen molar-refractivity contribution in [1.82, 2.24) is 0 Å². The van der Waals surface area contributed by atoms with Crippen molar-refractivity contribution < 1.29 is 4.74 Å². The van der Waals surface area contributed by atoms with E-state index in [-0.39, 0.29) is 6.10 Å². The number of aryl methyl sites for hydroxylation is 1. The normalized spacial score (nSPS) is 10.4. The van der Waals surface area contributed by atoms with E-state index in [0.29, 0.717) is 5.69 Å².